The molecule has 0 fully saturated rings. The average molecular weight is 507 g/mol. The third-order valence-electron chi connectivity index (χ3n) is 5.12. The van der Waals surface area contributed by atoms with Crippen molar-refractivity contribution in [3.05, 3.63) is 88.4 Å². The SMILES string of the molecule is O=C(COC(=O)c1ccc(Cl)c(S(=O)(=O)N2CCc3ccccc32)c1)Nc1ccc(F)cc1F. The fraction of sp³-hybridized carbons (Fsp3) is 0.130. The highest BCUT2D eigenvalue weighted by Gasteiger charge is 2.32. The zero-order valence-corrected chi connectivity index (χ0v) is 19.0. The summed E-state index contributed by atoms with van der Waals surface area (Å²) in [5.41, 5.74) is 0.988. The highest BCUT2D eigenvalue weighted by atomic mass is 35.5. The molecule has 1 amide bonds. The lowest BCUT2D eigenvalue weighted by Crippen LogP contribution is -2.29. The van der Waals surface area contributed by atoms with E-state index in [0.717, 1.165) is 23.8 Å². The van der Waals surface area contributed by atoms with Crippen molar-refractivity contribution in [3.8, 4) is 0 Å². The van der Waals surface area contributed by atoms with Crippen LogP contribution in [0.3, 0.4) is 0 Å². The number of sulfonamides is 1. The molecule has 3 aromatic rings. The molecular weight excluding hydrogens is 490 g/mol. The number of carbonyl (C=O) groups excluding carboxylic acids is 2. The largest absolute Gasteiger partial charge is 0.452 e. The minimum Gasteiger partial charge on any atom is -0.452 e. The summed E-state index contributed by atoms with van der Waals surface area (Å²) in [5, 5.41) is 2.08. The van der Waals surface area contributed by atoms with E-state index in [1.807, 2.05) is 12.1 Å². The monoisotopic (exact) mass is 506 g/mol. The van der Waals surface area contributed by atoms with Gasteiger partial charge in [-0.25, -0.2) is 22.0 Å². The maximum Gasteiger partial charge on any atom is 0.338 e. The molecule has 0 bridgehead atoms. The molecule has 0 saturated heterocycles. The van der Waals surface area contributed by atoms with Crippen LogP contribution in [0.25, 0.3) is 0 Å². The molecule has 4 rings (SSSR count). The number of hydrogen-bond acceptors (Lipinski definition) is 5. The van der Waals surface area contributed by atoms with Crippen LogP contribution in [0.4, 0.5) is 20.2 Å². The topological polar surface area (TPSA) is 92.8 Å². The van der Waals surface area contributed by atoms with Gasteiger partial charge in [0.05, 0.1) is 22.0 Å². The van der Waals surface area contributed by atoms with Gasteiger partial charge in [0.25, 0.3) is 15.9 Å². The van der Waals surface area contributed by atoms with E-state index >= 15 is 0 Å². The van der Waals surface area contributed by atoms with Crippen molar-refractivity contribution in [1.29, 1.82) is 0 Å². The summed E-state index contributed by atoms with van der Waals surface area (Å²) in [5.74, 6) is -3.65. The second-order valence-electron chi connectivity index (χ2n) is 7.35. The van der Waals surface area contributed by atoms with E-state index in [2.05, 4.69) is 5.32 Å². The van der Waals surface area contributed by atoms with Gasteiger partial charge in [-0.15, -0.1) is 0 Å². The number of halogens is 3. The number of rotatable bonds is 6. The second-order valence-corrected chi connectivity index (χ2v) is 9.59. The van der Waals surface area contributed by atoms with E-state index in [-0.39, 0.29) is 27.7 Å². The van der Waals surface area contributed by atoms with Crippen LogP contribution in [0.1, 0.15) is 15.9 Å². The van der Waals surface area contributed by atoms with E-state index in [1.54, 1.807) is 12.1 Å². The molecule has 11 heteroatoms. The third kappa shape index (κ3) is 4.73. The average Bonchev–Trinajstić information content (AvgIpc) is 3.24. The van der Waals surface area contributed by atoms with Crippen LogP contribution in [0, 0.1) is 11.6 Å². The molecule has 1 aliphatic rings. The molecule has 7 nitrogen and oxygen atoms in total. The summed E-state index contributed by atoms with van der Waals surface area (Å²) in [4.78, 5) is 24.2. The highest BCUT2D eigenvalue weighted by molar-refractivity contribution is 7.93. The Morgan fingerprint density at radius 3 is 2.59 bits per heavy atom. The second kappa shape index (κ2) is 9.40. The predicted octanol–water partition coefficient (Wildman–Crippen LogP) is 4.17. The first-order valence-corrected chi connectivity index (χ1v) is 11.8. The van der Waals surface area contributed by atoms with Crippen LogP contribution in [0.15, 0.2) is 65.6 Å². The maximum atomic E-state index is 13.7. The van der Waals surface area contributed by atoms with Crippen molar-refractivity contribution in [1.82, 2.24) is 0 Å². The summed E-state index contributed by atoms with van der Waals surface area (Å²) >= 11 is 6.15. The Balaban J connectivity index is 1.48. The summed E-state index contributed by atoms with van der Waals surface area (Å²) in [6, 6.07) is 13.2. The Kier molecular flexibility index (Phi) is 6.54. The molecule has 0 spiro atoms. The normalized spacial score (nSPS) is 12.9. The molecule has 3 aromatic carbocycles. The number of anilines is 2. The first-order valence-electron chi connectivity index (χ1n) is 9.99. The van der Waals surface area contributed by atoms with E-state index in [0.29, 0.717) is 18.2 Å². The molecule has 0 unspecified atom stereocenters. The Morgan fingerprint density at radius 1 is 1.06 bits per heavy atom. The number of nitrogens with one attached hydrogen (secondary N) is 1. The van der Waals surface area contributed by atoms with Crippen LogP contribution in [-0.2, 0) is 26.0 Å². The number of nitrogens with zero attached hydrogens (tertiary/aromatic N) is 1. The van der Waals surface area contributed by atoms with Crippen LogP contribution >= 0.6 is 11.6 Å². The van der Waals surface area contributed by atoms with Crippen molar-refractivity contribution >= 4 is 44.9 Å². The molecular formula is C23H17ClF2N2O5S. The molecule has 0 radical (unpaired) electrons. The molecule has 0 aromatic heterocycles. The van der Waals surface area contributed by atoms with Gasteiger partial charge in [-0.3, -0.25) is 9.10 Å². The van der Waals surface area contributed by atoms with Crippen LogP contribution in [-0.4, -0.2) is 33.4 Å². The van der Waals surface area contributed by atoms with Crippen LogP contribution in [0.2, 0.25) is 5.02 Å². The number of carbonyl (C=O) groups is 2. The first kappa shape index (κ1) is 23.7. The molecule has 34 heavy (non-hydrogen) atoms. The van der Waals surface area contributed by atoms with Gasteiger partial charge in [-0.05, 0) is 48.4 Å². The van der Waals surface area contributed by atoms with Crippen molar-refractivity contribution in [3.63, 3.8) is 0 Å². The van der Waals surface area contributed by atoms with Crippen molar-refractivity contribution in [2.24, 2.45) is 0 Å². The molecule has 176 valence electrons. The van der Waals surface area contributed by atoms with Gasteiger partial charge in [0.1, 0.15) is 16.5 Å². The molecule has 1 aliphatic heterocycles. The Morgan fingerprint density at radius 2 is 1.82 bits per heavy atom. The number of esters is 1. The quantitative estimate of drug-likeness (QED) is 0.507. The number of para-hydroxylation sites is 1. The van der Waals surface area contributed by atoms with Gasteiger partial charge in [0.15, 0.2) is 6.61 Å². The van der Waals surface area contributed by atoms with E-state index < -0.39 is 40.1 Å². The van der Waals surface area contributed by atoms with Crippen molar-refractivity contribution < 1.29 is 31.5 Å². The minimum atomic E-state index is -4.08. The fourth-order valence-corrected chi connectivity index (χ4v) is 5.50. The van der Waals surface area contributed by atoms with Gasteiger partial charge < -0.3 is 10.1 Å². The van der Waals surface area contributed by atoms with E-state index in [9.17, 15) is 26.8 Å². The fourth-order valence-electron chi connectivity index (χ4n) is 3.50. The standard InChI is InChI=1S/C23H17ClF2N2O5S/c24-17-7-5-15(23(30)33-13-22(29)27-19-8-6-16(25)12-18(19)26)11-21(17)34(31,32)28-10-9-14-3-1-2-4-20(14)28/h1-8,11-12H,9-10,13H2,(H,27,29). The number of ether oxygens (including phenoxy) is 1. The molecule has 0 atom stereocenters. The molecule has 1 heterocycles. The Bertz CT molecular complexity index is 1400. The summed E-state index contributed by atoms with van der Waals surface area (Å²) in [6.07, 6.45) is 0.540. The van der Waals surface area contributed by atoms with Crippen LogP contribution < -0.4 is 9.62 Å². The lowest BCUT2D eigenvalue weighted by molar-refractivity contribution is -0.119. The highest BCUT2D eigenvalue weighted by Crippen LogP contribution is 2.35. The molecule has 0 saturated carbocycles. The summed E-state index contributed by atoms with van der Waals surface area (Å²) < 4.78 is 59.3. The van der Waals surface area contributed by atoms with Gasteiger partial charge in [0, 0.05) is 12.6 Å². The lowest BCUT2D eigenvalue weighted by Gasteiger charge is -2.20. The third-order valence-corrected chi connectivity index (χ3v) is 7.41. The lowest BCUT2D eigenvalue weighted by atomic mass is 10.2. The first-order chi connectivity index (χ1) is 16.2. The maximum absolute atomic E-state index is 13.7. The zero-order chi connectivity index (χ0) is 24.5. The predicted molar refractivity (Wildman–Crippen MR) is 121 cm³/mol. The Hall–Kier alpha value is -3.50. The zero-order valence-electron chi connectivity index (χ0n) is 17.4. The van der Waals surface area contributed by atoms with Crippen molar-refractivity contribution in [2.45, 2.75) is 11.3 Å². The Labute approximate surface area is 199 Å². The van der Waals surface area contributed by atoms with Gasteiger partial charge in [-0.2, -0.15) is 0 Å². The number of hydrogen-bond donors (Lipinski definition) is 1. The number of benzene rings is 3. The van der Waals surface area contributed by atoms with Crippen molar-refractivity contribution in [2.75, 3.05) is 22.8 Å². The molecule has 1 N–H and O–H groups in total. The van der Waals surface area contributed by atoms with Gasteiger partial charge in [-0.1, -0.05) is 29.8 Å². The number of fused-ring (bicyclic) bond motifs is 1. The molecule has 0 aliphatic carbocycles. The van der Waals surface area contributed by atoms with E-state index in [4.69, 9.17) is 16.3 Å². The summed E-state index contributed by atoms with van der Waals surface area (Å²) in [7, 11) is -4.08. The van der Waals surface area contributed by atoms with Crippen LogP contribution in [0.5, 0.6) is 0 Å². The van der Waals surface area contributed by atoms with E-state index in [1.165, 1.54) is 16.4 Å². The minimum absolute atomic E-state index is 0.0783. The van der Waals surface area contributed by atoms with Gasteiger partial charge >= 0.3 is 5.97 Å². The van der Waals surface area contributed by atoms with Gasteiger partial charge in [0.2, 0.25) is 0 Å². The smallest absolute Gasteiger partial charge is 0.338 e. The summed E-state index contributed by atoms with van der Waals surface area (Å²) in [6.45, 7) is -0.549. The number of amides is 1.